The quantitative estimate of drug-likeness (QED) is 0.806. The summed E-state index contributed by atoms with van der Waals surface area (Å²) in [7, 11) is -3.58. The molecule has 1 N–H and O–H groups in total. The predicted molar refractivity (Wildman–Crippen MR) is 102 cm³/mol. The van der Waals surface area contributed by atoms with Crippen LogP contribution in [0.3, 0.4) is 0 Å². The highest BCUT2D eigenvalue weighted by molar-refractivity contribution is 7.89. The smallest absolute Gasteiger partial charge is 0.244 e. The summed E-state index contributed by atoms with van der Waals surface area (Å²) in [5, 5.41) is 0. The Morgan fingerprint density at radius 3 is 2.54 bits per heavy atom. The van der Waals surface area contributed by atoms with Crippen molar-refractivity contribution >= 4 is 15.7 Å². The van der Waals surface area contributed by atoms with E-state index in [-0.39, 0.29) is 4.90 Å². The molecule has 0 bridgehead atoms. The molecule has 0 atom stereocenters. The molecule has 1 aliphatic rings. The van der Waals surface area contributed by atoms with Crippen LogP contribution in [0.4, 0.5) is 5.69 Å². The van der Waals surface area contributed by atoms with Gasteiger partial charge in [-0.05, 0) is 49.9 Å². The highest BCUT2D eigenvalue weighted by atomic mass is 32.2. The molecule has 1 saturated heterocycles. The first-order chi connectivity index (χ1) is 12.6. The summed E-state index contributed by atoms with van der Waals surface area (Å²) in [5.74, 6) is 0.733. The lowest BCUT2D eigenvalue weighted by Crippen LogP contribution is -2.38. The molecule has 7 heteroatoms. The van der Waals surface area contributed by atoms with Gasteiger partial charge < -0.3 is 9.64 Å². The second-order valence-electron chi connectivity index (χ2n) is 6.37. The van der Waals surface area contributed by atoms with Crippen molar-refractivity contribution in [2.75, 3.05) is 31.1 Å². The van der Waals surface area contributed by atoms with E-state index in [0.717, 1.165) is 25.9 Å². The largest absolute Gasteiger partial charge is 0.492 e. The molecule has 26 heavy (non-hydrogen) atoms. The molecule has 0 aliphatic carbocycles. The molecule has 140 valence electrons. The van der Waals surface area contributed by atoms with Gasteiger partial charge >= 0.3 is 0 Å². The first-order valence-corrected chi connectivity index (χ1v) is 10.4. The molecule has 1 aliphatic heterocycles. The molecule has 0 saturated carbocycles. The van der Waals surface area contributed by atoms with Crippen molar-refractivity contribution in [2.45, 2.75) is 24.7 Å². The minimum Gasteiger partial charge on any atom is -0.492 e. The zero-order valence-electron chi connectivity index (χ0n) is 15.0. The number of nitrogens with one attached hydrogen (secondary N) is 1. The van der Waals surface area contributed by atoms with E-state index < -0.39 is 10.0 Å². The number of benzene rings is 1. The number of anilines is 1. The lowest BCUT2D eigenvalue weighted by molar-refractivity contribution is 0.330. The lowest BCUT2D eigenvalue weighted by atomic mass is 9.97. The molecule has 3 rings (SSSR count). The number of ether oxygens (including phenoxy) is 1. The van der Waals surface area contributed by atoms with E-state index in [1.807, 2.05) is 19.1 Å². The number of hydrogen-bond donors (Lipinski definition) is 1. The van der Waals surface area contributed by atoms with Gasteiger partial charge in [-0.15, -0.1) is 0 Å². The summed E-state index contributed by atoms with van der Waals surface area (Å²) in [4.78, 5) is 6.57. The normalized spacial score (nSPS) is 15.8. The summed E-state index contributed by atoms with van der Waals surface area (Å²) in [6.07, 6.45) is 5.51. The van der Waals surface area contributed by atoms with Crippen LogP contribution in [0, 0.1) is 5.92 Å². The van der Waals surface area contributed by atoms with Gasteiger partial charge in [-0.3, -0.25) is 4.98 Å². The minimum atomic E-state index is -3.58. The van der Waals surface area contributed by atoms with Crippen LogP contribution in [0.25, 0.3) is 0 Å². The lowest BCUT2D eigenvalue weighted by Gasteiger charge is -2.33. The van der Waals surface area contributed by atoms with Gasteiger partial charge in [0.1, 0.15) is 10.6 Å². The molecular weight excluding hydrogens is 350 g/mol. The number of nitrogens with zero attached hydrogens (tertiary/aromatic N) is 2. The molecule has 1 aromatic heterocycles. The van der Waals surface area contributed by atoms with Crippen molar-refractivity contribution < 1.29 is 13.2 Å². The minimum absolute atomic E-state index is 0.205. The van der Waals surface area contributed by atoms with Gasteiger partial charge in [0.2, 0.25) is 10.0 Å². The maximum Gasteiger partial charge on any atom is 0.244 e. The van der Waals surface area contributed by atoms with Gasteiger partial charge in [-0.25, -0.2) is 13.1 Å². The Morgan fingerprint density at radius 2 is 1.85 bits per heavy atom. The summed E-state index contributed by atoms with van der Waals surface area (Å²) in [6.45, 7) is 4.57. The second kappa shape index (κ2) is 8.51. The molecule has 0 spiro atoms. The molecule has 0 unspecified atom stereocenters. The number of piperidine rings is 1. The van der Waals surface area contributed by atoms with Crippen LogP contribution in [-0.4, -0.2) is 39.6 Å². The Kier molecular flexibility index (Phi) is 6.11. The van der Waals surface area contributed by atoms with Crippen molar-refractivity contribution in [1.29, 1.82) is 0 Å². The second-order valence-corrected chi connectivity index (χ2v) is 8.10. The fourth-order valence-corrected chi connectivity index (χ4v) is 4.46. The van der Waals surface area contributed by atoms with Gasteiger partial charge in [-0.2, -0.15) is 0 Å². The maximum absolute atomic E-state index is 12.6. The molecule has 1 fully saturated rings. The maximum atomic E-state index is 12.6. The topological polar surface area (TPSA) is 71.5 Å². The SMILES string of the molecule is CCOc1ccccc1S(=O)(=O)NCC1CCN(c2ccncc2)CC1. The van der Waals surface area contributed by atoms with Crippen molar-refractivity contribution in [3.63, 3.8) is 0 Å². The number of pyridine rings is 1. The van der Waals surface area contributed by atoms with Crippen LogP contribution in [0.15, 0.2) is 53.7 Å². The number of para-hydroxylation sites is 1. The van der Waals surface area contributed by atoms with Gasteiger partial charge in [0.15, 0.2) is 0 Å². The number of aromatic nitrogens is 1. The fourth-order valence-electron chi connectivity index (χ4n) is 3.20. The number of hydrogen-bond acceptors (Lipinski definition) is 5. The standard InChI is InChI=1S/C19H25N3O3S/c1-2-25-18-5-3-4-6-19(18)26(23,24)21-15-16-9-13-22(14-10-16)17-7-11-20-12-8-17/h3-8,11-12,16,21H,2,9-10,13-15H2,1H3. The zero-order chi connectivity index (χ0) is 18.4. The summed E-state index contributed by atoms with van der Waals surface area (Å²) in [5.41, 5.74) is 1.17. The predicted octanol–water partition coefficient (Wildman–Crippen LogP) is 2.68. The van der Waals surface area contributed by atoms with Crippen LogP contribution in [0.5, 0.6) is 5.75 Å². The monoisotopic (exact) mass is 375 g/mol. The van der Waals surface area contributed by atoms with Crippen molar-refractivity contribution in [3.8, 4) is 5.75 Å². The molecule has 0 amide bonds. The number of sulfonamides is 1. The third-order valence-electron chi connectivity index (χ3n) is 4.64. The van der Waals surface area contributed by atoms with Gasteiger partial charge in [0.25, 0.3) is 0 Å². The summed E-state index contributed by atoms with van der Waals surface area (Å²) < 4.78 is 33.5. The van der Waals surface area contributed by atoms with Gasteiger partial charge in [0.05, 0.1) is 6.61 Å². The van der Waals surface area contributed by atoms with E-state index in [2.05, 4.69) is 14.6 Å². The van der Waals surface area contributed by atoms with E-state index >= 15 is 0 Å². The Hall–Kier alpha value is -2.12. The van der Waals surface area contributed by atoms with E-state index in [4.69, 9.17) is 4.74 Å². The third kappa shape index (κ3) is 4.53. The highest BCUT2D eigenvalue weighted by Crippen LogP contribution is 2.25. The van der Waals surface area contributed by atoms with Crippen LogP contribution in [0.2, 0.25) is 0 Å². The molecule has 6 nitrogen and oxygen atoms in total. The van der Waals surface area contributed by atoms with Crippen molar-refractivity contribution in [1.82, 2.24) is 9.71 Å². The van der Waals surface area contributed by atoms with Gasteiger partial charge in [-0.1, -0.05) is 12.1 Å². The fraction of sp³-hybridized carbons (Fsp3) is 0.421. The van der Waals surface area contributed by atoms with Gasteiger partial charge in [0, 0.05) is 37.7 Å². The molecule has 1 aromatic carbocycles. The van der Waals surface area contributed by atoms with E-state index in [0.29, 0.717) is 24.8 Å². The molecule has 2 heterocycles. The molecule has 2 aromatic rings. The highest BCUT2D eigenvalue weighted by Gasteiger charge is 2.23. The van der Waals surface area contributed by atoms with E-state index in [1.165, 1.54) is 5.69 Å². The van der Waals surface area contributed by atoms with Crippen molar-refractivity contribution in [3.05, 3.63) is 48.8 Å². The third-order valence-corrected chi connectivity index (χ3v) is 6.11. The molecular formula is C19H25N3O3S. The van der Waals surface area contributed by atoms with E-state index in [1.54, 1.807) is 36.7 Å². The average molecular weight is 375 g/mol. The first-order valence-electron chi connectivity index (χ1n) is 8.96. The average Bonchev–Trinajstić information content (AvgIpc) is 2.68. The Balaban J connectivity index is 1.56. The Labute approximate surface area is 155 Å². The van der Waals surface area contributed by atoms with E-state index in [9.17, 15) is 8.42 Å². The van der Waals surface area contributed by atoms with Crippen LogP contribution in [-0.2, 0) is 10.0 Å². The van der Waals surface area contributed by atoms with Crippen molar-refractivity contribution in [2.24, 2.45) is 5.92 Å². The Morgan fingerprint density at radius 1 is 1.15 bits per heavy atom. The van der Waals surface area contributed by atoms with Crippen LogP contribution in [0.1, 0.15) is 19.8 Å². The van der Waals surface area contributed by atoms with Crippen LogP contribution < -0.4 is 14.4 Å². The zero-order valence-corrected chi connectivity index (χ0v) is 15.8. The Bertz CT molecular complexity index is 804. The van der Waals surface area contributed by atoms with Crippen LogP contribution >= 0.6 is 0 Å². The first kappa shape index (κ1) is 18.7. The number of rotatable bonds is 7. The summed E-state index contributed by atoms with van der Waals surface area (Å²) >= 11 is 0. The molecule has 0 radical (unpaired) electrons. The summed E-state index contributed by atoms with van der Waals surface area (Å²) in [6, 6.07) is 10.8.